The van der Waals surface area contributed by atoms with Crippen molar-refractivity contribution >= 4 is 27.3 Å². The number of amides is 1. The smallest absolute Gasteiger partial charge is 0.225 e. The van der Waals surface area contributed by atoms with E-state index in [1.807, 2.05) is 4.90 Å². The summed E-state index contributed by atoms with van der Waals surface area (Å²) in [5, 5.41) is 9.85. The minimum absolute atomic E-state index is 0.0943. The summed E-state index contributed by atoms with van der Waals surface area (Å²) in [6.45, 7) is 2.08. The molecule has 1 aromatic heterocycles. The zero-order valence-electron chi connectivity index (χ0n) is 16.8. The first-order chi connectivity index (χ1) is 14.3. The summed E-state index contributed by atoms with van der Waals surface area (Å²) >= 11 is 1.39. The minimum atomic E-state index is -3.20. The van der Waals surface area contributed by atoms with Gasteiger partial charge in [-0.2, -0.15) is 0 Å². The van der Waals surface area contributed by atoms with Gasteiger partial charge in [0.2, 0.25) is 15.9 Å². The first-order valence-corrected chi connectivity index (χ1v) is 12.8. The summed E-state index contributed by atoms with van der Waals surface area (Å²) in [5.74, 6) is -0.255. The van der Waals surface area contributed by atoms with Crippen molar-refractivity contribution in [1.82, 2.24) is 19.4 Å². The maximum absolute atomic E-state index is 14.0. The summed E-state index contributed by atoms with van der Waals surface area (Å²) in [5.41, 5.74) is 0.447. The topological polar surface area (TPSA) is 83.5 Å². The molecule has 2 saturated heterocycles. The average molecular weight is 453 g/mol. The van der Waals surface area contributed by atoms with Gasteiger partial charge < -0.3 is 4.90 Å². The number of hydrogen-bond donors (Lipinski definition) is 0. The van der Waals surface area contributed by atoms with E-state index >= 15 is 0 Å². The van der Waals surface area contributed by atoms with Gasteiger partial charge in [0.25, 0.3) is 0 Å². The number of carbonyl (C=O) groups is 1. The second-order valence-corrected chi connectivity index (χ2v) is 11.0. The van der Waals surface area contributed by atoms with Crippen molar-refractivity contribution < 1.29 is 17.6 Å². The number of nitrogens with zero attached hydrogens (tertiary/aromatic N) is 4. The number of benzene rings is 1. The Balaban J connectivity index is 1.40. The minimum Gasteiger partial charge on any atom is -0.342 e. The number of rotatable bonds is 4. The Labute approximate surface area is 180 Å². The zero-order valence-corrected chi connectivity index (χ0v) is 18.5. The molecule has 2 aromatic rings. The molecular formula is C20H25FN4O3S2. The molecule has 2 fully saturated rings. The predicted octanol–water partition coefficient (Wildman–Crippen LogP) is 2.72. The van der Waals surface area contributed by atoms with E-state index in [-0.39, 0.29) is 23.6 Å². The van der Waals surface area contributed by atoms with Gasteiger partial charge in [-0.25, -0.2) is 17.1 Å². The quantitative estimate of drug-likeness (QED) is 0.712. The van der Waals surface area contributed by atoms with Crippen LogP contribution in [0.5, 0.6) is 0 Å². The number of piperidine rings is 2. The van der Waals surface area contributed by atoms with E-state index in [0.29, 0.717) is 49.6 Å². The van der Waals surface area contributed by atoms with Crippen molar-refractivity contribution in [1.29, 1.82) is 0 Å². The van der Waals surface area contributed by atoms with Crippen molar-refractivity contribution in [3.63, 3.8) is 0 Å². The molecule has 3 heterocycles. The molecule has 10 heteroatoms. The normalized spacial score (nSPS) is 21.7. The van der Waals surface area contributed by atoms with Crippen LogP contribution in [0.4, 0.5) is 4.39 Å². The fraction of sp³-hybridized carbons (Fsp3) is 0.550. The molecule has 162 valence electrons. The largest absolute Gasteiger partial charge is 0.342 e. The van der Waals surface area contributed by atoms with Crippen LogP contribution in [-0.2, 0) is 14.8 Å². The van der Waals surface area contributed by atoms with Crippen molar-refractivity contribution in [3.05, 3.63) is 35.1 Å². The Morgan fingerprint density at radius 3 is 2.57 bits per heavy atom. The van der Waals surface area contributed by atoms with E-state index in [9.17, 15) is 17.6 Å². The zero-order chi connectivity index (χ0) is 21.3. The summed E-state index contributed by atoms with van der Waals surface area (Å²) < 4.78 is 38.9. The number of hydrogen-bond acceptors (Lipinski definition) is 6. The van der Waals surface area contributed by atoms with E-state index in [1.54, 1.807) is 18.2 Å². The lowest BCUT2D eigenvalue weighted by Crippen LogP contribution is -2.46. The van der Waals surface area contributed by atoms with Crippen molar-refractivity contribution in [3.8, 4) is 10.6 Å². The highest BCUT2D eigenvalue weighted by molar-refractivity contribution is 7.88. The van der Waals surface area contributed by atoms with Crippen molar-refractivity contribution in [2.45, 2.75) is 31.6 Å². The SMILES string of the molecule is CS(=O)(=O)N1CCC(C(=O)N2CCCC(c3nnc(-c4ccccc4F)s3)C2)CC1. The van der Waals surface area contributed by atoms with Gasteiger partial charge in [-0.15, -0.1) is 10.2 Å². The first-order valence-electron chi connectivity index (χ1n) is 10.1. The Morgan fingerprint density at radius 2 is 1.87 bits per heavy atom. The van der Waals surface area contributed by atoms with E-state index in [0.717, 1.165) is 17.8 Å². The van der Waals surface area contributed by atoms with Gasteiger partial charge in [-0.05, 0) is 37.8 Å². The summed E-state index contributed by atoms with van der Waals surface area (Å²) in [4.78, 5) is 14.9. The van der Waals surface area contributed by atoms with Gasteiger partial charge in [0, 0.05) is 43.6 Å². The van der Waals surface area contributed by atoms with Crippen LogP contribution in [-0.4, -0.2) is 66.2 Å². The van der Waals surface area contributed by atoms with Gasteiger partial charge in [0.1, 0.15) is 10.8 Å². The highest BCUT2D eigenvalue weighted by Gasteiger charge is 2.34. The molecule has 0 bridgehead atoms. The Hall–Kier alpha value is -1.91. The maximum Gasteiger partial charge on any atom is 0.225 e. The average Bonchev–Trinajstić information content (AvgIpc) is 3.23. The molecule has 7 nitrogen and oxygen atoms in total. The first kappa shape index (κ1) is 21.3. The molecule has 2 aliphatic rings. The van der Waals surface area contributed by atoms with Crippen LogP contribution >= 0.6 is 11.3 Å². The summed E-state index contributed by atoms with van der Waals surface area (Å²) in [6.07, 6.45) is 4.13. The number of carbonyl (C=O) groups excluding carboxylic acids is 1. The molecule has 0 aliphatic carbocycles. The molecule has 2 aliphatic heterocycles. The number of aromatic nitrogens is 2. The fourth-order valence-electron chi connectivity index (χ4n) is 4.21. The number of halogens is 1. The molecule has 0 radical (unpaired) electrons. The van der Waals surface area contributed by atoms with Crippen LogP contribution in [0.25, 0.3) is 10.6 Å². The molecule has 0 saturated carbocycles. The third-order valence-corrected chi connectivity index (χ3v) is 8.32. The lowest BCUT2D eigenvalue weighted by molar-refractivity contribution is -0.138. The van der Waals surface area contributed by atoms with E-state index in [2.05, 4.69) is 10.2 Å². The summed E-state index contributed by atoms with van der Waals surface area (Å²) in [7, 11) is -3.20. The maximum atomic E-state index is 14.0. The monoisotopic (exact) mass is 452 g/mol. The van der Waals surface area contributed by atoms with Crippen molar-refractivity contribution in [2.24, 2.45) is 5.92 Å². The molecule has 1 aromatic carbocycles. The molecule has 4 rings (SSSR count). The van der Waals surface area contributed by atoms with Crippen LogP contribution < -0.4 is 0 Å². The molecule has 0 N–H and O–H groups in total. The van der Waals surface area contributed by atoms with Crippen LogP contribution in [0, 0.1) is 11.7 Å². The standard InChI is InChI=1S/C20H25FN4O3S2/c1-30(27,28)25-11-8-14(9-12-25)20(26)24-10-4-5-15(13-24)18-22-23-19(29-18)16-6-2-3-7-17(16)21/h2-3,6-7,14-15H,4-5,8-13H2,1H3. The molecule has 30 heavy (non-hydrogen) atoms. The van der Waals surface area contributed by atoms with Gasteiger partial charge in [0.15, 0.2) is 5.01 Å². The van der Waals surface area contributed by atoms with Gasteiger partial charge in [0.05, 0.1) is 6.26 Å². The summed E-state index contributed by atoms with van der Waals surface area (Å²) in [6, 6.07) is 6.52. The van der Waals surface area contributed by atoms with Gasteiger partial charge >= 0.3 is 0 Å². The second kappa shape index (κ2) is 8.68. The molecule has 0 spiro atoms. The Bertz CT molecular complexity index is 1020. The fourth-order valence-corrected chi connectivity index (χ4v) is 6.08. The van der Waals surface area contributed by atoms with E-state index in [1.165, 1.54) is 28.0 Å². The van der Waals surface area contributed by atoms with Crippen LogP contribution in [0.3, 0.4) is 0 Å². The van der Waals surface area contributed by atoms with Gasteiger partial charge in [-0.1, -0.05) is 23.5 Å². The van der Waals surface area contributed by atoms with Crippen LogP contribution in [0.15, 0.2) is 24.3 Å². The van der Waals surface area contributed by atoms with E-state index in [4.69, 9.17) is 0 Å². The second-order valence-electron chi connectivity index (χ2n) is 7.99. The number of likely N-dealkylation sites (tertiary alicyclic amines) is 1. The van der Waals surface area contributed by atoms with Crippen LogP contribution in [0.1, 0.15) is 36.6 Å². The molecular weight excluding hydrogens is 427 g/mol. The highest BCUT2D eigenvalue weighted by atomic mass is 32.2. The van der Waals surface area contributed by atoms with E-state index < -0.39 is 10.0 Å². The lowest BCUT2D eigenvalue weighted by Gasteiger charge is -2.36. The van der Waals surface area contributed by atoms with Crippen molar-refractivity contribution in [2.75, 3.05) is 32.4 Å². The molecule has 1 amide bonds. The molecule has 1 atom stereocenters. The van der Waals surface area contributed by atoms with Crippen LogP contribution in [0.2, 0.25) is 0 Å². The van der Waals surface area contributed by atoms with Gasteiger partial charge in [-0.3, -0.25) is 4.79 Å². The lowest BCUT2D eigenvalue weighted by atomic mass is 9.93. The highest BCUT2D eigenvalue weighted by Crippen LogP contribution is 2.34. The predicted molar refractivity (Wildman–Crippen MR) is 113 cm³/mol. The number of sulfonamides is 1. The third-order valence-electron chi connectivity index (χ3n) is 5.90. The Kier molecular flexibility index (Phi) is 6.17. The Morgan fingerprint density at radius 1 is 1.13 bits per heavy atom. The molecule has 1 unspecified atom stereocenters. The third kappa shape index (κ3) is 4.55.